The molecule has 0 aliphatic rings. The predicted molar refractivity (Wildman–Crippen MR) is 123 cm³/mol. The van der Waals surface area contributed by atoms with E-state index in [-0.39, 0.29) is 16.6 Å². The quantitative estimate of drug-likeness (QED) is 0.397. The molecule has 0 radical (unpaired) electrons. The van der Waals surface area contributed by atoms with Crippen LogP contribution in [0.2, 0.25) is 0 Å². The van der Waals surface area contributed by atoms with Crippen LogP contribution in [0.5, 0.6) is 5.75 Å². The van der Waals surface area contributed by atoms with Gasteiger partial charge < -0.3 is 15.4 Å². The van der Waals surface area contributed by atoms with E-state index in [2.05, 4.69) is 20.8 Å². The second kappa shape index (κ2) is 10.1. The molecule has 0 aliphatic carbocycles. The highest BCUT2D eigenvalue weighted by molar-refractivity contribution is 8.01. The third kappa shape index (κ3) is 6.40. The van der Waals surface area contributed by atoms with Gasteiger partial charge in [0, 0.05) is 5.69 Å². The van der Waals surface area contributed by atoms with Crippen LogP contribution < -0.4 is 20.5 Å². The second-order valence-corrected chi connectivity index (χ2v) is 10.0. The number of aromatic nitrogens is 2. The van der Waals surface area contributed by atoms with E-state index in [9.17, 15) is 13.2 Å². The summed E-state index contributed by atoms with van der Waals surface area (Å²) in [4.78, 5) is 12.2. The van der Waals surface area contributed by atoms with Crippen molar-refractivity contribution in [3.05, 3.63) is 48.0 Å². The van der Waals surface area contributed by atoms with Crippen LogP contribution in [0.3, 0.4) is 0 Å². The first kappa shape index (κ1) is 23.0. The molecule has 0 saturated heterocycles. The number of carbonyl (C=O) groups excluding carboxylic acids is 1. The normalized spacial score (nSPS) is 11.2. The van der Waals surface area contributed by atoms with Crippen molar-refractivity contribution < 1.29 is 17.9 Å². The van der Waals surface area contributed by atoms with E-state index in [0.717, 1.165) is 5.69 Å². The van der Waals surface area contributed by atoms with Gasteiger partial charge in [0.1, 0.15) is 5.75 Å². The summed E-state index contributed by atoms with van der Waals surface area (Å²) < 4.78 is 29.4. The molecule has 1 amide bonds. The lowest BCUT2D eigenvalue weighted by atomic mass is 10.2. The molecule has 0 bridgehead atoms. The number of para-hydroxylation sites is 2. The number of nitrogens with two attached hydrogens (primary N) is 1. The fourth-order valence-corrected chi connectivity index (χ4v) is 4.97. The number of aryl methyl sites for hydroxylation is 1. The fourth-order valence-electron chi connectivity index (χ4n) is 2.59. The van der Waals surface area contributed by atoms with Crippen molar-refractivity contribution in [1.29, 1.82) is 0 Å². The van der Waals surface area contributed by atoms with Crippen LogP contribution in [0.15, 0.2) is 51.7 Å². The first-order chi connectivity index (χ1) is 14.8. The van der Waals surface area contributed by atoms with E-state index < -0.39 is 10.0 Å². The highest BCUT2D eigenvalue weighted by atomic mass is 32.2. The number of nitrogens with zero attached hydrogens (tertiary/aromatic N) is 2. The standard InChI is InChI=1S/C19H21N5O4S3/c1-3-28-15-7-5-4-6-14(15)22-18-23-24-19(30-18)29-11-17(25)21-13-9-8-12(2)16(10-13)31(20,26)27/h4-10H,3,11H2,1-2H3,(H,21,25)(H,22,23)(H2,20,26,27). The van der Waals surface area contributed by atoms with Gasteiger partial charge in [-0.25, -0.2) is 13.6 Å². The summed E-state index contributed by atoms with van der Waals surface area (Å²) in [6, 6.07) is 12.1. The maximum absolute atomic E-state index is 12.3. The number of hydrogen-bond acceptors (Lipinski definition) is 9. The van der Waals surface area contributed by atoms with E-state index in [4.69, 9.17) is 9.88 Å². The van der Waals surface area contributed by atoms with Gasteiger partial charge in [-0.05, 0) is 43.7 Å². The maximum atomic E-state index is 12.3. The topological polar surface area (TPSA) is 136 Å². The first-order valence-corrected chi connectivity index (χ1v) is 12.5. The van der Waals surface area contributed by atoms with Gasteiger partial charge in [-0.3, -0.25) is 4.79 Å². The lowest BCUT2D eigenvalue weighted by Gasteiger charge is -2.09. The molecule has 4 N–H and O–H groups in total. The van der Waals surface area contributed by atoms with Crippen LogP contribution in [0.25, 0.3) is 0 Å². The number of benzene rings is 2. The van der Waals surface area contributed by atoms with Gasteiger partial charge in [-0.2, -0.15) is 0 Å². The van der Waals surface area contributed by atoms with Crippen LogP contribution in [0, 0.1) is 6.92 Å². The van der Waals surface area contributed by atoms with Gasteiger partial charge in [-0.15, -0.1) is 10.2 Å². The number of sulfonamides is 1. The Hall–Kier alpha value is -2.67. The average Bonchev–Trinajstić information content (AvgIpc) is 3.16. The van der Waals surface area contributed by atoms with Gasteiger partial charge in [0.25, 0.3) is 0 Å². The molecule has 2 aromatic carbocycles. The molecule has 12 heteroatoms. The highest BCUT2D eigenvalue weighted by Crippen LogP contribution is 2.31. The summed E-state index contributed by atoms with van der Waals surface area (Å²) >= 11 is 2.53. The minimum absolute atomic E-state index is 0.0230. The molecule has 0 spiro atoms. The van der Waals surface area contributed by atoms with Crippen LogP contribution in [0.1, 0.15) is 12.5 Å². The number of primary sulfonamides is 1. The van der Waals surface area contributed by atoms with E-state index in [1.165, 1.54) is 29.2 Å². The van der Waals surface area contributed by atoms with Gasteiger partial charge in [-0.1, -0.05) is 41.3 Å². The number of hydrogen-bond donors (Lipinski definition) is 3. The third-order valence-corrected chi connectivity index (χ3v) is 6.97. The zero-order valence-electron chi connectivity index (χ0n) is 16.8. The van der Waals surface area contributed by atoms with E-state index in [1.807, 2.05) is 31.2 Å². The zero-order chi connectivity index (χ0) is 22.4. The molecule has 0 saturated carbocycles. The van der Waals surface area contributed by atoms with Crippen molar-refractivity contribution in [3.8, 4) is 5.75 Å². The molecular formula is C19H21N5O4S3. The van der Waals surface area contributed by atoms with Crippen molar-refractivity contribution >= 4 is 55.5 Å². The number of anilines is 3. The van der Waals surface area contributed by atoms with Crippen LogP contribution in [-0.4, -0.2) is 36.9 Å². The van der Waals surface area contributed by atoms with Crippen LogP contribution in [0.4, 0.5) is 16.5 Å². The Morgan fingerprint density at radius 1 is 1.23 bits per heavy atom. The summed E-state index contributed by atoms with van der Waals surface area (Å²) in [5.41, 5.74) is 1.64. The number of amides is 1. The molecule has 3 aromatic rings. The summed E-state index contributed by atoms with van der Waals surface area (Å²) in [6.07, 6.45) is 0. The fraction of sp³-hybridized carbons (Fsp3) is 0.211. The van der Waals surface area contributed by atoms with Gasteiger partial charge in [0.2, 0.25) is 21.1 Å². The highest BCUT2D eigenvalue weighted by Gasteiger charge is 2.14. The lowest BCUT2D eigenvalue weighted by Crippen LogP contribution is -2.17. The molecule has 0 fully saturated rings. The molecule has 31 heavy (non-hydrogen) atoms. The smallest absolute Gasteiger partial charge is 0.238 e. The molecule has 3 rings (SSSR count). The Kier molecular flexibility index (Phi) is 7.49. The molecule has 0 atom stereocenters. The first-order valence-electron chi connectivity index (χ1n) is 9.14. The molecule has 164 valence electrons. The third-order valence-electron chi connectivity index (χ3n) is 3.94. The minimum atomic E-state index is -3.87. The summed E-state index contributed by atoms with van der Waals surface area (Å²) in [5.74, 6) is 0.495. The molecule has 0 aliphatic heterocycles. The minimum Gasteiger partial charge on any atom is -0.492 e. The summed E-state index contributed by atoms with van der Waals surface area (Å²) in [7, 11) is -3.87. The second-order valence-electron chi connectivity index (χ2n) is 6.29. The Morgan fingerprint density at radius 3 is 2.74 bits per heavy atom. The molecule has 9 nitrogen and oxygen atoms in total. The molecular weight excluding hydrogens is 458 g/mol. The zero-order valence-corrected chi connectivity index (χ0v) is 19.2. The number of rotatable bonds is 9. The summed E-state index contributed by atoms with van der Waals surface area (Å²) in [5, 5.41) is 19.8. The SMILES string of the molecule is CCOc1ccccc1Nc1nnc(SCC(=O)Nc2ccc(C)c(S(N)(=O)=O)c2)s1. The van der Waals surface area contributed by atoms with E-state index in [1.54, 1.807) is 19.1 Å². The monoisotopic (exact) mass is 479 g/mol. The van der Waals surface area contributed by atoms with Crippen molar-refractivity contribution in [2.45, 2.75) is 23.1 Å². The number of ether oxygens (including phenoxy) is 1. The van der Waals surface area contributed by atoms with Gasteiger partial charge in [0.15, 0.2) is 4.34 Å². The van der Waals surface area contributed by atoms with E-state index >= 15 is 0 Å². The van der Waals surface area contributed by atoms with Crippen molar-refractivity contribution in [2.24, 2.45) is 5.14 Å². The number of nitrogens with one attached hydrogen (secondary N) is 2. The Balaban J connectivity index is 1.58. The number of carbonyl (C=O) groups is 1. The van der Waals surface area contributed by atoms with Crippen LogP contribution in [-0.2, 0) is 14.8 Å². The average molecular weight is 480 g/mol. The van der Waals surface area contributed by atoms with Crippen molar-refractivity contribution in [2.75, 3.05) is 23.0 Å². The largest absolute Gasteiger partial charge is 0.492 e. The van der Waals surface area contributed by atoms with Gasteiger partial charge in [0.05, 0.1) is 22.9 Å². The van der Waals surface area contributed by atoms with Gasteiger partial charge >= 0.3 is 0 Å². The molecule has 1 aromatic heterocycles. The maximum Gasteiger partial charge on any atom is 0.238 e. The van der Waals surface area contributed by atoms with Crippen LogP contribution >= 0.6 is 23.1 Å². The lowest BCUT2D eigenvalue weighted by molar-refractivity contribution is -0.113. The van der Waals surface area contributed by atoms with E-state index in [0.29, 0.717) is 33.1 Å². The number of thioether (sulfide) groups is 1. The Labute approximate surface area is 188 Å². The molecule has 1 heterocycles. The Morgan fingerprint density at radius 2 is 2.00 bits per heavy atom. The summed E-state index contributed by atoms with van der Waals surface area (Å²) in [6.45, 7) is 4.09. The van der Waals surface area contributed by atoms with Crippen molar-refractivity contribution in [3.63, 3.8) is 0 Å². The Bertz CT molecular complexity index is 1180. The molecule has 0 unspecified atom stereocenters. The predicted octanol–water partition coefficient (Wildman–Crippen LogP) is 3.37. The van der Waals surface area contributed by atoms with Crippen molar-refractivity contribution in [1.82, 2.24) is 10.2 Å².